The Labute approximate surface area is 132 Å². The van der Waals surface area contributed by atoms with Crippen LogP contribution in [0.3, 0.4) is 0 Å². The summed E-state index contributed by atoms with van der Waals surface area (Å²) in [5.74, 6) is -4.33. The van der Waals surface area contributed by atoms with E-state index in [1.165, 1.54) is 0 Å². The lowest BCUT2D eigenvalue weighted by Crippen LogP contribution is -2.23. The van der Waals surface area contributed by atoms with Crippen molar-refractivity contribution in [2.45, 2.75) is 32.3 Å². The maximum Gasteiger partial charge on any atom is 0.306 e. The van der Waals surface area contributed by atoms with Gasteiger partial charge < -0.3 is 4.74 Å². The van der Waals surface area contributed by atoms with E-state index >= 15 is 0 Å². The Hall–Kier alpha value is -1.57. The summed E-state index contributed by atoms with van der Waals surface area (Å²) in [6.07, 6.45) is 1.69. The van der Waals surface area contributed by atoms with E-state index in [0.29, 0.717) is 19.3 Å². The van der Waals surface area contributed by atoms with Crippen LogP contribution in [0.15, 0.2) is 12.1 Å². The molecule has 1 fully saturated rings. The maximum atomic E-state index is 13.0. The zero-order valence-corrected chi connectivity index (χ0v) is 13.2. The van der Waals surface area contributed by atoms with Crippen LogP contribution in [-0.4, -0.2) is 25.9 Å². The Kier molecular flexibility index (Phi) is 5.67. The van der Waals surface area contributed by atoms with Crippen LogP contribution in [0.5, 0.6) is 0 Å². The SMILES string of the molecule is O=C(CCC1CCS(=O)(=O)CC1)OCc1cc(F)c(F)c(F)c1. The van der Waals surface area contributed by atoms with Gasteiger partial charge in [0.15, 0.2) is 17.5 Å². The summed E-state index contributed by atoms with van der Waals surface area (Å²) in [6.45, 7) is -0.341. The normalized spacial score (nSPS) is 17.9. The maximum absolute atomic E-state index is 13.0. The van der Waals surface area contributed by atoms with Gasteiger partial charge in [0.05, 0.1) is 11.5 Å². The number of halogens is 3. The summed E-state index contributed by atoms with van der Waals surface area (Å²) in [4.78, 5) is 11.6. The largest absolute Gasteiger partial charge is 0.461 e. The average molecular weight is 350 g/mol. The molecule has 0 aromatic heterocycles. The molecular weight excluding hydrogens is 333 g/mol. The van der Waals surface area contributed by atoms with Crippen LogP contribution in [0.25, 0.3) is 0 Å². The van der Waals surface area contributed by atoms with E-state index in [-0.39, 0.29) is 36.0 Å². The van der Waals surface area contributed by atoms with E-state index in [1.54, 1.807) is 0 Å². The van der Waals surface area contributed by atoms with Crippen LogP contribution in [0, 0.1) is 23.4 Å². The number of rotatable bonds is 5. The summed E-state index contributed by atoms with van der Waals surface area (Å²) >= 11 is 0. The van der Waals surface area contributed by atoms with E-state index in [2.05, 4.69) is 0 Å². The summed E-state index contributed by atoms with van der Waals surface area (Å²) < 4.78 is 66.3. The molecule has 0 saturated carbocycles. The lowest BCUT2D eigenvalue weighted by Gasteiger charge is -2.21. The van der Waals surface area contributed by atoms with Gasteiger partial charge in [0.25, 0.3) is 0 Å². The van der Waals surface area contributed by atoms with Crippen molar-refractivity contribution in [3.63, 3.8) is 0 Å². The van der Waals surface area contributed by atoms with Crippen molar-refractivity contribution in [3.05, 3.63) is 35.1 Å². The fourth-order valence-electron chi connectivity index (χ4n) is 2.48. The standard InChI is InChI=1S/C15H17F3O4S/c16-12-7-11(8-13(17)15(12)18)9-22-14(19)2-1-10-3-5-23(20,21)6-4-10/h7-8,10H,1-6,9H2. The third-order valence-electron chi connectivity index (χ3n) is 3.87. The zero-order chi connectivity index (χ0) is 17.0. The minimum absolute atomic E-state index is 0.0264. The molecule has 0 N–H and O–H groups in total. The van der Waals surface area contributed by atoms with Crippen molar-refractivity contribution >= 4 is 15.8 Å². The quantitative estimate of drug-likeness (QED) is 0.605. The molecule has 0 aliphatic carbocycles. The molecule has 23 heavy (non-hydrogen) atoms. The smallest absolute Gasteiger partial charge is 0.306 e. The van der Waals surface area contributed by atoms with Gasteiger partial charge in [-0.25, -0.2) is 21.6 Å². The van der Waals surface area contributed by atoms with Crippen LogP contribution >= 0.6 is 0 Å². The highest BCUT2D eigenvalue weighted by atomic mass is 32.2. The monoisotopic (exact) mass is 350 g/mol. The molecule has 0 spiro atoms. The van der Waals surface area contributed by atoms with Gasteiger partial charge in [-0.05, 0) is 42.9 Å². The van der Waals surface area contributed by atoms with Crippen molar-refractivity contribution in [1.82, 2.24) is 0 Å². The molecule has 1 aromatic rings. The number of hydrogen-bond donors (Lipinski definition) is 0. The second-order valence-electron chi connectivity index (χ2n) is 5.67. The third kappa shape index (κ3) is 5.23. The zero-order valence-electron chi connectivity index (χ0n) is 12.4. The second-order valence-corrected chi connectivity index (χ2v) is 7.97. The van der Waals surface area contributed by atoms with Gasteiger partial charge in [-0.1, -0.05) is 0 Å². The summed E-state index contributed by atoms with van der Waals surface area (Å²) in [7, 11) is -2.93. The van der Waals surface area contributed by atoms with Crippen molar-refractivity contribution in [3.8, 4) is 0 Å². The first-order valence-corrected chi connectivity index (χ1v) is 9.08. The highest BCUT2D eigenvalue weighted by Crippen LogP contribution is 2.23. The van der Waals surface area contributed by atoms with Crippen LogP contribution in [0.2, 0.25) is 0 Å². The van der Waals surface area contributed by atoms with Crippen LogP contribution in [0.1, 0.15) is 31.2 Å². The minimum atomic E-state index is -2.93. The first-order valence-electron chi connectivity index (χ1n) is 7.26. The van der Waals surface area contributed by atoms with Crippen LogP contribution in [0.4, 0.5) is 13.2 Å². The molecule has 0 bridgehead atoms. The molecule has 1 aliphatic rings. The number of benzene rings is 1. The van der Waals surface area contributed by atoms with Crippen molar-refractivity contribution in [2.24, 2.45) is 5.92 Å². The lowest BCUT2D eigenvalue weighted by atomic mass is 9.97. The Bertz CT molecular complexity index is 651. The number of hydrogen-bond acceptors (Lipinski definition) is 4. The molecule has 4 nitrogen and oxygen atoms in total. The average Bonchev–Trinajstić information content (AvgIpc) is 2.49. The topological polar surface area (TPSA) is 60.4 Å². The Morgan fingerprint density at radius 3 is 2.26 bits per heavy atom. The van der Waals surface area contributed by atoms with E-state index in [1.807, 2.05) is 0 Å². The van der Waals surface area contributed by atoms with Crippen LogP contribution < -0.4 is 0 Å². The summed E-state index contributed by atoms with van der Waals surface area (Å²) in [5, 5.41) is 0. The molecule has 0 amide bonds. The fraction of sp³-hybridized carbons (Fsp3) is 0.533. The van der Waals surface area contributed by atoms with Gasteiger partial charge in [-0.3, -0.25) is 4.79 Å². The number of ether oxygens (including phenoxy) is 1. The van der Waals surface area contributed by atoms with Crippen molar-refractivity contribution in [1.29, 1.82) is 0 Å². The molecular formula is C15H17F3O4S. The fourth-order valence-corrected chi connectivity index (χ4v) is 4.07. The number of carbonyl (C=O) groups excluding carboxylic acids is 1. The van der Waals surface area contributed by atoms with Gasteiger partial charge in [0.1, 0.15) is 16.4 Å². The molecule has 0 unspecified atom stereocenters. The lowest BCUT2D eigenvalue weighted by molar-refractivity contribution is -0.145. The number of sulfone groups is 1. The highest BCUT2D eigenvalue weighted by molar-refractivity contribution is 7.91. The number of esters is 1. The minimum Gasteiger partial charge on any atom is -0.461 e. The van der Waals surface area contributed by atoms with E-state index < -0.39 is 33.3 Å². The molecule has 1 aromatic carbocycles. The Morgan fingerprint density at radius 1 is 1.13 bits per heavy atom. The first kappa shape index (κ1) is 17.8. The molecule has 0 atom stereocenters. The molecule has 0 radical (unpaired) electrons. The van der Waals surface area contributed by atoms with E-state index in [0.717, 1.165) is 12.1 Å². The predicted molar refractivity (Wildman–Crippen MR) is 76.7 cm³/mol. The molecule has 1 aliphatic heterocycles. The Balaban J connectivity index is 1.75. The number of carbonyl (C=O) groups is 1. The Morgan fingerprint density at radius 2 is 1.70 bits per heavy atom. The van der Waals surface area contributed by atoms with E-state index in [4.69, 9.17) is 4.74 Å². The van der Waals surface area contributed by atoms with Gasteiger partial charge in [-0.2, -0.15) is 0 Å². The van der Waals surface area contributed by atoms with E-state index in [9.17, 15) is 26.4 Å². The molecule has 1 saturated heterocycles. The van der Waals surface area contributed by atoms with Gasteiger partial charge in [0.2, 0.25) is 0 Å². The van der Waals surface area contributed by atoms with Gasteiger partial charge in [-0.15, -0.1) is 0 Å². The summed E-state index contributed by atoms with van der Waals surface area (Å²) in [6, 6.07) is 1.55. The third-order valence-corrected chi connectivity index (χ3v) is 5.59. The molecule has 2 rings (SSSR count). The first-order chi connectivity index (χ1) is 10.8. The second kappa shape index (κ2) is 7.33. The van der Waals surface area contributed by atoms with Gasteiger partial charge >= 0.3 is 5.97 Å². The van der Waals surface area contributed by atoms with Crippen molar-refractivity contribution in [2.75, 3.05) is 11.5 Å². The predicted octanol–water partition coefficient (Wildman–Crippen LogP) is 2.75. The molecule has 128 valence electrons. The highest BCUT2D eigenvalue weighted by Gasteiger charge is 2.24. The van der Waals surface area contributed by atoms with Crippen molar-refractivity contribution < 1.29 is 31.1 Å². The van der Waals surface area contributed by atoms with Crippen LogP contribution in [-0.2, 0) is 26.0 Å². The molecule has 1 heterocycles. The van der Waals surface area contributed by atoms with Gasteiger partial charge in [0, 0.05) is 6.42 Å². The molecule has 8 heteroatoms. The summed E-state index contributed by atoms with van der Waals surface area (Å²) in [5.41, 5.74) is 0.0264.